The number of ketones is 1. The molecule has 0 aliphatic rings. The molecule has 0 amide bonds. The number of fused-ring (bicyclic) bond motifs is 1. The topological polar surface area (TPSA) is 83.5 Å². The second kappa shape index (κ2) is 7.90. The van der Waals surface area contributed by atoms with Crippen LogP contribution in [0.4, 0.5) is 0 Å². The van der Waals surface area contributed by atoms with E-state index in [9.17, 15) is 9.59 Å². The van der Waals surface area contributed by atoms with Gasteiger partial charge in [0.25, 0.3) is 0 Å². The van der Waals surface area contributed by atoms with Crippen LogP contribution in [0.3, 0.4) is 0 Å². The number of aromatic amines is 2. The third kappa shape index (κ3) is 3.41. The Bertz CT molecular complexity index is 1170. The fraction of sp³-hybridized carbons (Fsp3) is 0.190. The third-order valence-electron chi connectivity index (χ3n) is 4.55. The van der Waals surface area contributed by atoms with E-state index in [0.717, 1.165) is 28.6 Å². The van der Waals surface area contributed by atoms with Crippen molar-refractivity contribution in [2.45, 2.75) is 25.0 Å². The van der Waals surface area contributed by atoms with E-state index in [1.165, 1.54) is 11.8 Å². The minimum Gasteiger partial charge on any atom is -0.354 e. The molecule has 2 aromatic carbocycles. The number of benzene rings is 2. The highest BCUT2D eigenvalue weighted by atomic mass is 32.2. The number of nitrogens with zero attached hydrogens (tertiary/aromatic N) is 2. The second-order valence-electron chi connectivity index (χ2n) is 6.46. The van der Waals surface area contributed by atoms with Crippen molar-refractivity contribution >= 4 is 28.4 Å². The number of carbonyl (C=O) groups is 1. The summed E-state index contributed by atoms with van der Waals surface area (Å²) in [5.41, 5.74) is 3.15. The van der Waals surface area contributed by atoms with E-state index in [2.05, 4.69) is 15.2 Å². The number of Topliss-reactive ketones (excluding diaryl/α,β-unsaturated/α-hetero) is 1. The predicted octanol–water partition coefficient (Wildman–Crippen LogP) is 4.10. The maximum Gasteiger partial charge on any atom is 0.343 e. The molecule has 6 nitrogen and oxygen atoms in total. The molecule has 0 radical (unpaired) electrons. The van der Waals surface area contributed by atoms with E-state index in [4.69, 9.17) is 0 Å². The first-order chi connectivity index (χ1) is 13.7. The van der Waals surface area contributed by atoms with E-state index in [0.29, 0.717) is 17.3 Å². The molecular formula is C21H20N4O2S. The van der Waals surface area contributed by atoms with Gasteiger partial charge in [-0.15, -0.1) is 5.10 Å². The second-order valence-corrected chi connectivity index (χ2v) is 7.40. The Kier molecular flexibility index (Phi) is 5.16. The van der Waals surface area contributed by atoms with Crippen LogP contribution >= 0.6 is 11.8 Å². The van der Waals surface area contributed by atoms with Gasteiger partial charge in [0.05, 0.1) is 17.0 Å². The van der Waals surface area contributed by atoms with Gasteiger partial charge in [-0.25, -0.2) is 9.89 Å². The molecular weight excluding hydrogens is 372 g/mol. The van der Waals surface area contributed by atoms with E-state index < -0.39 is 0 Å². The van der Waals surface area contributed by atoms with Gasteiger partial charge in [0.15, 0.2) is 10.9 Å². The summed E-state index contributed by atoms with van der Waals surface area (Å²) in [6.07, 6.45) is 0.821. The maximum atomic E-state index is 13.2. The number of H-pyrrole nitrogens is 2. The Morgan fingerprint density at radius 1 is 1.11 bits per heavy atom. The minimum absolute atomic E-state index is 0.000185. The summed E-state index contributed by atoms with van der Waals surface area (Å²) >= 11 is 1.28. The maximum absolute atomic E-state index is 13.2. The summed E-state index contributed by atoms with van der Waals surface area (Å²) in [5.74, 6) is 0.204. The van der Waals surface area contributed by atoms with Crippen LogP contribution in [0.2, 0.25) is 0 Å². The predicted molar refractivity (Wildman–Crippen MR) is 112 cm³/mol. The van der Waals surface area contributed by atoms with Crippen molar-refractivity contribution in [1.82, 2.24) is 19.7 Å². The standard InChI is InChI=1S/C21H20N4O2S/c1-2-12-25-20(27)23-24-21(25)28-13-17(26)18-15-10-6-7-11-16(15)22-19(18)14-8-4-3-5-9-14/h3-11,22H,2,12-13H2,1H3,(H,23,27). The first-order valence-corrected chi connectivity index (χ1v) is 10.1. The van der Waals surface area contributed by atoms with Crippen LogP contribution in [0.15, 0.2) is 64.5 Å². The third-order valence-corrected chi connectivity index (χ3v) is 5.53. The molecule has 2 heterocycles. The lowest BCUT2D eigenvalue weighted by Crippen LogP contribution is -2.17. The highest BCUT2D eigenvalue weighted by Crippen LogP contribution is 2.31. The molecule has 0 atom stereocenters. The number of aromatic nitrogens is 4. The number of para-hydroxylation sites is 1. The Balaban J connectivity index is 1.69. The van der Waals surface area contributed by atoms with Crippen molar-refractivity contribution in [3.8, 4) is 11.3 Å². The molecule has 0 aliphatic heterocycles. The summed E-state index contributed by atoms with van der Waals surface area (Å²) in [6, 6.07) is 17.6. The van der Waals surface area contributed by atoms with E-state index in [-0.39, 0.29) is 17.2 Å². The largest absolute Gasteiger partial charge is 0.354 e. The summed E-state index contributed by atoms with van der Waals surface area (Å²) < 4.78 is 1.57. The lowest BCUT2D eigenvalue weighted by molar-refractivity contribution is 0.102. The average molecular weight is 392 g/mol. The molecule has 0 saturated carbocycles. The minimum atomic E-state index is -0.242. The normalized spacial score (nSPS) is 11.2. The zero-order chi connectivity index (χ0) is 19.5. The SMILES string of the molecule is CCCn1c(SCC(=O)c2c(-c3ccccc3)[nH]c3ccccc23)n[nH]c1=O. The number of thioether (sulfide) groups is 1. The number of rotatable bonds is 7. The van der Waals surface area contributed by atoms with Crippen molar-refractivity contribution in [3.63, 3.8) is 0 Å². The monoisotopic (exact) mass is 392 g/mol. The lowest BCUT2D eigenvalue weighted by atomic mass is 10.0. The molecule has 7 heteroatoms. The Hall–Kier alpha value is -3.06. The fourth-order valence-electron chi connectivity index (χ4n) is 3.29. The Morgan fingerprint density at radius 3 is 2.64 bits per heavy atom. The zero-order valence-corrected chi connectivity index (χ0v) is 16.3. The lowest BCUT2D eigenvalue weighted by Gasteiger charge is -2.06. The van der Waals surface area contributed by atoms with Crippen molar-refractivity contribution in [3.05, 3.63) is 70.6 Å². The summed E-state index contributed by atoms with van der Waals surface area (Å²) in [7, 11) is 0. The van der Waals surface area contributed by atoms with Gasteiger partial charge < -0.3 is 4.98 Å². The van der Waals surface area contributed by atoms with Gasteiger partial charge in [-0.05, 0) is 18.1 Å². The Labute approximate surface area is 166 Å². The smallest absolute Gasteiger partial charge is 0.343 e. The molecule has 4 rings (SSSR count). The first-order valence-electron chi connectivity index (χ1n) is 9.16. The molecule has 28 heavy (non-hydrogen) atoms. The van der Waals surface area contributed by atoms with Gasteiger partial charge in [-0.3, -0.25) is 9.36 Å². The molecule has 4 aromatic rings. The van der Waals surface area contributed by atoms with E-state index in [1.54, 1.807) is 4.57 Å². The highest BCUT2D eigenvalue weighted by molar-refractivity contribution is 7.99. The Morgan fingerprint density at radius 2 is 1.86 bits per heavy atom. The molecule has 0 spiro atoms. The number of hydrogen-bond donors (Lipinski definition) is 2. The van der Waals surface area contributed by atoms with Crippen molar-refractivity contribution < 1.29 is 4.79 Å². The van der Waals surface area contributed by atoms with Gasteiger partial charge in [0.1, 0.15) is 0 Å². The molecule has 0 aliphatic carbocycles. The van der Waals surface area contributed by atoms with Crippen LogP contribution in [0, 0.1) is 0 Å². The molecule has 0 saturated heterocycles. The number of nitrogens with one attached hydrogen (secondary N) is 2. The molecule has 0 fully saturated rings. The van der Waals surface area contributed by atoms with Crippen molar-refractivity contribution in [1.29, 1.82) is 0 Å². The summed E-state index contributed by atoms with van der Waals surface area (Å²) in [6.45, 7) is 2.57. The average Bonchev–Trinajstić information content (AvgIpc) is 3.28. The van der Waals surface area contributed by atoms with Gasteiger partial charge >= 0.3 is 5.69 Å². The van der Waals surface area contributed by atoms with E-state index >= 15 is 0 Å². The fourth-order valence-corrected chi connectivity index (χ4v) is 4.13. The molecule has 2 aromatic heterocycles. The van der Waals surface area contributed by atoms with Crippen LogP contribution in [-0.4, -0.2) is 31.3 Å². The molecule has 142 valence electrons. The highest BCUT2D eigenvalue weighted by Gasteiger charge is 2.20. The van der Waals surface area contributed by atoms with Gasteiger partial charge in [0, 0.05) is 17.4 Å². The quantitative estimate of drug-likeness (QED) is 0.366. The van der Waals surface area contributed by atoms with Crippen LogP contribution in [0.1, 0.15) is 23.7 Å². The number of hydrogen-bond acceptors (Lipinski definition) is 4. The van der Waals surface area contributed by atoms with E-state index in [1.807, 2.05) is 61.5 Å². The zero-order valence-electron chi connectivity index (χ0n) is 15.4. The summed E-state index contributed by atoms with van der Waals surface area (Å²) in [5, 5.41) is 7.97. The molecule has 2 N–H and O–H groups in total. The van der Waals surface area contributed by atoms with Crippen LogP contribution in [-0.2, 0) is 6.54 Å². The van der Waals surface area contributed by atoms with Crippen molar-refractivity contribution in [2.75, 3.05) is 5.75 Å². The van der Waals surface area contributed by atoms with Crippen LogP contribution in [0.25, 0.3) is 22.2 Å². The number of carbonyl (C=O) groups excluding carboxylic acids is 1. The van der Waals surface area contributed by atoms with Gasteiger partial charge in [-0.2, -0.15) is 0 Å². The molecule has 0 unspecified atom stereocenters. The van der Waals surface area contributed by atoms with Gasteiger partial charge in [0.2, 0.25) is 0 Å². The van der Waals surface area contributed by atoms with Gasteiger partial charge in [-0.1, -0.05) is 67.2 Å². The van der Waals surface area contributed by atoms with Crippen molar-refractivity contribution in [2.24, 2.45) is 0 Å². The van der Waals surface area contributed by atoms with Crippen LogP contribution in [0.5, 0.6) is 0 Å². The summed E-state index contributed by atoms with van der Waals surface area (Å²) in [4.78, 5) is 28.4. The first kappa shape index (κ1) is 18.3. The van der Waals surface area contributed by atoms with Crippen LogP contribution < -0.4 is 5.69 Å². The molecule has 0 bridgehead atoms.